The fourth-order valence-corrected chi connectivity index (χ4v) is 1.91. The van der Waals surface area contributed by atoms with Crippen molar-refractivity contribution in [3.8, 4) is 0 Å². The van der Waals surface area contributed by atoms with Crippen LogP contribution in [-0.2, 0) is 0 Å². The molecule has 0 aliphatic rings. The highest BCUT2D eigenvalue weighted by Gasteiger charge is 2.14. The van der Waals surface area contributed by atoms with Crippen molar-refractivity contribution in [3.05, 3.63) is 38.3 Å². The molecule has 104 valence electrons. The summed E-state index contributed by atoms with van der Waals surface area (Å²) in [6.45, 7) is 4.26. The van der Waals surface area contributed by atoms with Gasteiger partial charge in [0.15, 0.2) is 0 Å². The van der Waals surface area contributed by atoms with Crippen molar-refractivity contribution in [2.45, 2.75) is 13.3 Å². The Bertz CT molecular complexity index is 466. The summed E-state index contributed by atoms with van der Waals surface area (Å²) in [6.07, 6.45) is 0.812. The number of nitrogens with one attached hydrogen (secondary N) is 2. The first kappa shape index (κ1) is 15.6. The van der Waals surface area contributed by atoms with E-state index in [0.29, 0.717) is 11.0 Å². The number of halogens is 1. The summed E-state index contributed by atoms with van der Waals surface area (Å²) in [5.74, 6) is -0.313. The van der Waals surface area contributed by atoms with Gasteiger partial charge in [0.1, 0.15) is 0 Å². The van der Waals surface area contributed by atoms with Crippen LogP contribution in [0.15, 0.2) is 22.7 Å². The second kappa shape index (κ2) is 7.85. The van der Waals surface area contributed by atoms with E-state index in [2.05, 4.69) is 26.6 Å². The van der Waals surface area contributed by atoms with Crippen LogP contribution >= 0.6 is 15.9 Å². The van der Waals surface area contributed by atoms with Gasteiger partial charge in [-0.15, -0.1) is 0 Å². The lowest BCUT2D eigenvalue weighted by molar-refractivity contribution is -0.384. The molecular formula is C12H16BrN3O3. The number of non-ortho nitro benzene ring substituents is 1. The molecule has 0 radical (unpaired) electrons. The zero-order valence-corrected chi connectivity index (χ0v) is 12.2. The zero-order chi connectivity index (χ0) is 14.3. The summed E-state index contributed by atoms with van der Waals surface area (Å²) >= 11 is 3.22. The van der Waals surface area contributed by atoms with Gasteiger partial charge in [0.25, 0.3) is 11.6 Å². The number of nitro benzene ring substituents is 1. The standard InChI is InChI=1S/C12H16BrN3O3/c1-2-14-6-3-7-15-12(17)10-8-9(16(18)19)4-5-11(10)13/h4-5,8,14H,2-3,6-7H2,1H3,(H,15,17). The number of rotatable bonds is 7. The van der Waals surface area contributed by atoms with Crippen LogP contribution in [0.2, 0.25) is 0 Å². The van der Waals surface area contributed by atoms with E-state index < -0.39 is 4.92 Å². The topological polar surface area (TPSA) is 84.3 Å². The summed E-state index contributed by atoms with van der Waals surface area (Å²) in [4.78, 5) is 22.0. The molecule has 7 heteroatoms. The van der Waals surface area contributed by atoms with Gasteiger partial charge in [0.05, 0.1) is 10.5 Å². The van der Waals surface area contributed by atoms with Crippen LogP contribution in [0.3, 0.4) is 0 Å². The van der Waals surface area contributed by atoms with Gasteiger partial charge >= 0.3 is 0 Å². The number of hydrogen-bond donors (Lipinski definition) is 2. The molecular weight excluding hydrogens is 314 g/mol. The SMILES string of the molecule is CCNCCCNC(=O)c1cc([N+](=O)[O-])ccc1Br. The van der Waals surface area contributed by atoms with E-state index >= 15 is 0 Å². The maximum Gasteiger partial charge on any atom is 0.270 e. The number of nitro groups is 1. The minimum Gasteiger partial charge on any atom is -0.352 e. The first-order chi connectivity index (χ1) is 9.06. The van der Waals surface area contributed by atoms with Gasteiger partial charge in [0.2, 0.25) is 0 Å². The Labute approximate surface area is 119 Å². The normalized spacial score (nSPS) is 10.2. The van der Waals surface area contributed by atoms with Crippen LogP contribution in [0.1, 0.15) is 23.7 Å². The predicted molar refractivity (Wildman–Crippen MR) is 76.3 cm³/mol. The van der Waals surface area contributed by atoms with Gasteiger partial charge in [-0.05, 0) is 41.5 Å². The quantitative estimate of drug-likeness (QED) is 0.455. The minimum atomic E-state index is -0.519. The van der Waals surface area contributed by atoms with E-state index in [9.17, 15) is 14.9 Å². The molecule has 0 aliphatic carbocycles. The first-order valence-corrected chi connectivity index (χ1v) is 6.78. The Morgan fingerprint density at radius 2 is 2.16 bits per heavy atom. The zero-order valence-electron chi connectivity index (χ0n) is 10.6. The van der Waals surface area contributed by atoms with Crippen LogP contribution in [0.5, 0.6) is 0 Å². The van der Waals surface area contributed by atoms with Gasteiger partial charge in [-0.25, -0.2) is 0 Å². The third kappa shape index (κ3) is 4.96. The molecule has 0 unspecified atom stereocenters. The van der Waals surface area contributed by atoms with Crippen molar-refractivity contribution >= 4 is 27.5 Å². The number of carbonyl (C=O) groups is 1. The molecule has 1 aromatic carbocycles. The molecule has 0 fully saturated rings. The Balaban J connectivity index is 2.61. The number of hydrogen-bond acceptors (Lipinski definition) is 4. The van der Waals surface area contributed by atoms with Crippen LogP contribution in [0, 0.1) is 10.1 Å². The van der Waals surface area contributed by atoms with Crippen LogP contribution in [0.4, 0.5) is 5.69 Å². The lowest BCUT2D eigenvalue weighted by Crippen LogP contribution is -2.27. The molecule has 0 atom stereocenters. The van der Waals surface area contributed by atoms with Gasteiger partial charge < -0.3 is 10.6 Å². The highest BCUT2D eigenvalue weighted by Crippen LogP contribution is 2.22. The average Bonchev–Trinajstić information content (AvgIpc) is 2.38. The Morgan fingerprint density at radius 3 is 2.79 bits per heavy atom. The molecule has 0 aliphatic heterocycles. The maximum atomic E-state index is 11.9. The molecule has 19 heavy (non-hydrogen) atoms. The Kier molecular flexibility index (Phi) is 6.44. The number of nitrogens with zero attached hydrogens (tertiary/aromatic N) is 1. The van der Waals surface area contributed by atoms with E-state index in [-0.39, 0.29) is 17.2 Å². The fraction of sp³-hybridized carbons (Fsp3) is 0.417. The molecule has 0 bridgehead atoms. The molecule has 0 heterocycles. The van der Waals surface area contributed by atoms with Crippen molar-refractivity contribution in [2.24, 2.45) is 0 Å². The summed E-state index contributed by atoms with van der Waals surface area (Å²) in [6, 6.07) is 4.13. The first-order valence-electron chi connectivity index (χ1n) is 5.99. The third-order valence-electron chi connectivity index (χ3n) is 2.47. The van der Waals surface area contributed by atoms with Crippen molar-refractivity contribution < 1.29 is 9.72 Å². The van der Waals surface area contributed by atoms with Crippen molar-refractivity contribution in [1.82, 2.24) is 10.6 Å². The Hall–Kier alpha value is -1.47. The lowest BCUT2D eigenvalue weighted by atomic mass is 10.2. The van der Waals surface area contributed by atoms with E-state index in [1.165, 1.54) is 18.2 Å². The molecule has 6 nitrogen and oxygen atoms in total. The highest BCUT2D eigenvalue weighted by atomic mass is 79.9. The van der Waals surface area contributed by atoms with E-state index in [1.54, 1.807) is 0 Å². The van der Waals surface area contributed by atoms with Crippen molar-refractivity contribution in [1.29, 1.82) is 0 Å². The summed E-state index contributed by atoms with van der Waals surface area (Å²) in [7, 11) is 0. The van der Waals surface area contributed by atoms with Crippen LogP contribution < -0.4 is 10.6 Å². The van der Waals surface area contributed by atoms with Crippen LogP contribution in [0.25, 0.3) is 0 Å². The highest BCUT2D eigenvalue weighted by molar-refractivity contribution is 9.10. The predicted octanol–water partition coefficient (Wildman–Crippen LogP) is 2.09. The van der Waals surface area contributed by atoms with E-state index in [1.807, 2.05) is 6.92 Å². The number of benzene rings is 1. The third-order valence-corrected chi connectivity index (χ3v) is 3.16. The van der Waals surface area contributed by atoms with Crippen molar-refractivity contribution in [2.75, 3.05) is 19.6 Å². The second-order valence-corrected chi connectivity index (χ2v) is 4.74. The average molecular weight is 330 g/mol. The molecule has 0 saturated carbocycles. The van der Waals surface area contributed by atoms with E-state index in [4.69, 9.17) is 0 Å². The van der Waals surface area contributed by atoms with Gasteiger partial charge in [-0.1, -0.05) is 6.92 Å². The minimum absolute atomic E-state index is 0.0963. The van der Waals surface area contributed by atoms with Gasteiger partial charge in [-0.3, -0.25) is 14.9 Å². The largest absolute Gasteiger partial charge is 0.352 e. The summed E-state index contributed by atoms with van der Waals surface area (Å²) in [5, 5.41) is 16.6. The second-order valence-electron chi connectivity index (χ2n) is 3.88. The molecule has 2 N–H and O–H groups in total. The summed E-state index contributed by atoms with van der Waals surface area (Å²) < 4.78 is 0.544. The maximum absolute atomic E-state index is 11.9. The number of carbonyl (C=O) groups excluding carboxylic acids is 1. The molecule has 0 spiro atoms. The summed E-state index contributed by atoms with van der Waals surface area (Å²) in [5.41, 5.74) is 0.179. The van der Waals surface area contributed by atoms with Gasteiger partial charge in [0, 0.05) is 23.2 Å². The fourth-order valence-electron chi connectivity index (χ4n) is 1.49. The molecule has 0 saturated heterocycles. The molecule has 1 amide bonds. The number of amides is 1. The van der Waals surface area contributed by atoms with Crippen LogP contribution in [-0.4, -0.2) is 30.5 Å². The lowest BCUT2D eigenvalue weighted by Gasteiger charge is -2.07. The van der Waals surface area contributed by atoms with E-state index in [0.717, 1.165) is 19.5 Å². The molecule has 0 aromatic heterocycles. The Morgan fingerprint density at radius 1 is 1.42 bits per heavy atom. The van der Waals surface area contributed by atoms with Crippen molar-refractivity contribution in [3.63, 3.8) is 0 Å². The monoisotopic (exact) mass is 329 g/mol. The smallest absolute Gasteiger partial charge is 0.270 e. The molecule has 1 aromatic rings. The van der Waals surface area contributed by atoms with Gasteiger partial charge in [-0.2, -0.15) is 0 Å². The molecule has 1 rings (SSSR count).